The molecule has 25 heavy (non-hydrogen) atoms. The summed E-state index contributed by atoms with van der Waals surface area (Å²) in [5, 5.41) is 0. The summed E-state index contributed by atoms with van der Waals surface area (Å²) in [6, 6.07) is 4.89. The Morgan fingerprint density at radius 1 is 1.00 bits per heavy atom. The van der Waals surface area contributed by atoms with Crippen LogP contribution in [0.25, 0.3) is 0 Å². The molecule has 2 saturated carbocycles. The zero-order valence-electron chi connectivity index (χ0n) is 14.1. The quantitative estimate of drug-likeness (QED) is 0.823. The molecule has 0 radical (unpaired) electrons. The van der Waals surface area contributed by atoms with Gasteiger partial charge in [-0.1, -0.05) is 6.42 Å². The molecule has 0 aromatic heterocycles. The Kier molecular flexibility index (Phi) is 4.32. The molecule has 2 aliphatic carbocycles. The fourth-order valence-corrected chi connectivity index (χ4v) is 6.11. The van der Waals surface area contributed by atoms with Gasteiger partial charge < -0.3 is 4.90 Å². The van der Waals surface area contributed by atoms with Gasteiger partial charge in [0, 0.05) is 32.1 Å². The maximum atomic E-state index is 13.0. The highest BCUT2D eigenvalue weighted by atomic mass is 32.2. The minimum absolute atomic E-state index is 0.0989. The van der Waals surface area contributed by atoms with Crippen molar-refractivity contribution in [2.75, 3.05) is 26.2 Å². The summed E-state index contributed by atoms with van der Waals surface area (Å²) >= 11 is 0. The number of carbonyl (C=O) groups is 1. The number of sulfonamides is 1. The summed E-state index contributed by atoms with van der Waals surface area (Å²) in [6.45, 7) is 1.47. The van der Waals surface area contributed by atoms with Crippen molar-refractivity contribution in [2.24, 2.45) is 17.8 Å². The van der Waals surface area contributed by atoms with Crippen LogP contribution in [-0.4, -0.2) is 49.7 Å². The minimum atomic E-state index is -3.63. The molecular weight excluding hydrogens is 343 g/mol. The fraction of sp³-hybridized carbons (Fsp3) is 0.611. The Bertz CT molecular complexity index is 757. The van der Waals surface area contributed by atoms with E-state index >= 15 is 0 Å². The number of piperazine rings is 1. The lowest BCUT2D eigenvalue weighted by molar-refractivity contribution is -0.138. The van der Waals surface area contributed by atoms with Crippen molar-refractivity contribution in [3.8, 4) is 0 Å². The highest BCUT2D eigenvalue weighted by molar-refractivity contribution is 7.89. The molecule has 4 rings (SSSR count). The highest BCUT2D eigenvalue weighted by Gasteiger charge is 2.45. The molecule has 136 valence electrons. The Hall–Kier alpha value is -1.47. The molecular formula is C18H23FN2O3S. The predicted octanol–water partition coefficient (Wildman–Crippen LogP) is 2.09. The van der Waals surface area contributed by atoms with Crippen LogP contribution < -0.4 is 0 Å². The lowest BCUT2D eigenvalue weighted by Crippen LogP contribution is -2.52. The van der Waals surface area contributed by atoms with E-state index in [0.717, 1.165) is 24.5 Å². The molecule has 3 fully saturated rings. The number of amides is 1. The zero-order chi connectivity index (χ0) is 17.6. The van der Waals surface area contributed by atoms with Crippen LogP contribution in [0.1, 0.15) is 25.7 Å². The summed E-state index contributed by atoms with van der Waals surface area (Å²) in [5.41, 5.74) is 0. The average Bonchev–Trinajstić information content (AvgIpc) is 3.25. The Morgan fingerprint density at radius 2 is 1.68 bits per heavy atom. The van der Waals surface area contributed by atoms with Crippen molar-refractivity contribution >= 4 is 15.9 Å². The molecule has 1 aromatic carbocycles. The summed E-state index contributed by atoms with van der Waals surface area (Å²) < 4.78 is 39.7. The molecule has 1 saturated heterocycles. The Labute approximate surface area is 147 Å². The standard InChI is InChI=1S/C18H23FN2O3S/c19-15-3-5-16(6-4-15)25(23,24)21-9-7-20(8-10-21)18(22)17-12-13-1-2-14(17)11-13/h3-6,13-14,17H,1-2,7-12H2/t13-,14-,17-/m0/s1. The number of halogens is 1. The first-order valence-electron chi connectivity index (χ1n) is 8.99. The van der Waals surface area contributed by atoms with E-state index in [-0.39, 0.29) is 16.7 Å². The van der Waals surface area contributed by atoms with Crippen LogP contribution in [0.15, 0.2) is 29.2 Å². The first-order valence-corrected chi connectivity index (χ1v) is 10.4. The lowest BCUT2D eigenvalue weighted by atomic mass is 9.87. The second-order valence-electron chi connectivity index (χ2n) is 7.46. The van der Waals surface area contributed by atoms with Gasteiger partial charge in [0.15, 0.2) is 0 Å². The number of fused-ring (bicyclic) bond motifs is 2. The van der Waals surface area contributed by atoms with Crippen molar-refractivity contribution in [1.82, 2.24) is 9.21 Å². The number of rotatable bonds is 3. The minimum Gasteiger partial charge on any atom is -0.340 e. The van der Waals surface area contributed by atoms with Gasteiger partial charge in [-0.15, -0.1) is 0 Å². The fourth-order valence-electron chi connectivity index (χ4n) is 4.69. The second kappa shape index (κ2) is 6.36. The van der Waals surface area contributed by atoms with Crippen molar-refractivity contribution in [1.29, 1.82) is 0 Å². The molecule has 3 atom stereocenters. The lowest BCUT2D eigenvalue weighted by Gasteiger charge is -2.36. The summed E-state index contributed by atoms with van der Waals surface area (Å²) in [7, 11) is -3.63. The van der Waals surface area contributed by atoms with Gasteiger partial charge in [-0.3, -0.25) is 4.79 Å². The largest absolute Gasteiger partial charge is 0.340 e. The maximum absolute atomic E-state index is 13.0. The maximum Gasteiger partial charge on any atom is 0.243 e. The van der Waals surface area contributed by atoms with Crippen LogP contribution in [0.4, 0.5) is 4.39 Å². The van der Waals surface area contributed by atoms with E-state index in [0.29, 0.717) is 32.1 Å². The van der Waals surface area contributed by atoms with E-state index in [1.54, 1.807) is 0 Å². The van der Waals surface area contributed by atoms with Crippen molar-refractivity contribution in [2.45, 2.75) is 30.6 Å². The first-order chi connectivity index (χ1) is 11.9. The molecule has 2 bridgehead atoms. The van der Waals surface area contributed by atoms with E-state index in [9.17, 15) is 17.6 Å². The predicted molar refractivity (Wildman–Crippen MR) is 90.7 cm³/mol. The molecule has 0 unspecified atom stereocenters. The summed E-state index contributed by atoms with van der Waals surface area (Å²) in [5.74, 6) is 1.17. The summed E-state index contributed by atoms with van der Waals surface area (Å²) in [6.07, 6.45) is 4.63. The van der Waals surface area contributed by atoms with Crippen molar-refractivity contribution < 1.29 is 17.6 Å². The topological polar surface area (TPSA) is 57.7 Å². The van der Waals surface area contributed by atoms with Crippen LogP contribution in [0, 0.1) is 23.6 Å². The smallest absolute Gasteiger partial charge is 0.243 e. The number of hydrogen-bond donors (Lipinski definition) is 0. The first kappa shape index (κ1) is 17.0. The van der Waals surface area contributed by atoms with E-state index in [4.69, 9.17) is 0 Å². The molecule has 3 aliphatic rings. The highest BCUT2D eigenvalue weighted by Crippen LogP contribution is 2.48. The van der Waals surface area contributed by atoms with Gasteiger partial charge in [0.1, 0.15) is 5.82 Å². The normalized spacial score (nSPS) is 30.0. The van der Waals surface area contributed by atoms with Gasteiger partial charge >= 0.3 is 0 Å². The Balaban J connectivity index is 1.39. The van der Waals surface area contributed by atoms with Gasteiger partial charge in [-0.2, -0.15) is 4.31 Å². The van der Waals surface area contributed by atoms with Gasteiger partial charge in [0.2, 0.25) is 15.9 Å². The van der Waals surface area contributed by atoms with Crippen LogP contribution in [-0.2, 0) is 14.8 Å². The second-order valence-corrected chi connectivity index (χ2v) is 9.40. The Morgan fingerprint density at radius 3 is 2.24 bits per heavy atom. The van der Waals surface area contributed by atoms with Crippen LogP contribution in [0.5, 0.6) is 0 Å². The number of hydrogen-bond acceptors (Lipinski definition) is 3. The molecule has 5 nitrogen and oxygen atoms in total. The monoisotopic (exact) mass is 366 g/mol. The van der Waals surface area contributed by atoms with Gasteiger partial charge in [-0.05, 0) is 55.4 Å². The third-order valence-corrected chi connectivity index (χ3v) is 7.97. The van der Waals surface area contributed by atoms with Gasteiger partial charge in [0.05, 0.1) is 4.90 Å². The summed E-state index contributed by atoms with van der Waals surface area (Å²) in [4.78, 5) is 14.7. The zero-order valence-corrected chi connectivity index (χ0v) is 14.9. The van der Waals surface area contributed by atoms with E-state index in [1.165, 1.54) is 35.7 Å². The number of nitrogens with zero attached hydrogens (tertiary/aromatic N) is 2. The van der Waals surface area contributed by atoms with Crippen molar-refractivity contribution in [3.05, 3.63) is 30.1 Å². The van der Waals surface area contributed by atoms with Crippen LogP contribution in [0.2, 0.25) is 0 Å². The molecule has 0 N–H and O–H groups in total. The van der Waals surface area contributed by atoms with Gasteiger partial charge in [-0.25, -0.2) is 12.8 Å². The van der Waals surface area contributed by atoms with Gasteiger partial charge in [0.25, 0.3) is 0 Å². The third-order valence-electron chi connectivity index (χ3n) is 6.06. The molecule has 1 aliphatic heterocycles. The van der Waals surface area contributed by atoms with E-state index in [2.05, 4.69) is 0 Å². The number of benzene rings is 1. The average molecular weight is 366 g/mol. The third kappa shape index (κ3) is 3.08. The van der Waals surface area contributed by atoms with Crippen LogP contribution >= 0.6 is 0 Å². The molecule has 1 amide bonds. The van der Waals surface area contributed by atoms with E-state index in [1.807, 2.05) is 4.90 Å². The molecule has 7 heteroatoms. The molecule has 1 aromatic rings. The molecule has 1 heterocycles. The van der Waals surface area contributed by atoms with Crippen molar-refractivity contribution in [3.63, 3.8) is 0 Å². The van der Waals surface area contributed by atoms with E-state index < -0.39 is 15.8 Å². The molecule has 0 spiro atoms. The number of carbonyl (C=O) groups excluding carboxylic acids is 1. The van der Waals surface area contributed by atoms with Crippen LogP contribution in [0.3, 0.4) is 0 Å². The SMILES string of the molecule is O=C([C@H]1C[C@H]2CC[C@H]1C2)N1CCN(S(=O)(=O)c2ccc(F)cc2)CC1.